The first-order valence-corrected chi connectivity index (χ1v) is 7.76. The molecule has 0 N–H and O–H groups in total. The van der Waals surface area contributed by atoms with Crippen LogP contribution in [0.3, 0.4) is 0 Å². The fraction of sp³-hybridized carbons (Fsp3) is 0. The molecule has 2 aromatic carbocycles. The van der Waals surface area contributed by atoms with E-state index in [1.54, 1.807) is 6.07 Å². The fourth-order valence-electron chi connectivity index (χ4n) is 1.99. The van der Waals surface area contributed by atoms with Gasteiger partial charge in [0.15, 0.2) is 5.01 Å². The topological polar surface area (TPSA) is 73.1 Å². The highest BCUT2D eigenvalue weighted by Gasteiger charge is 2.12. The third-order valence-electron chi connectivity index (χ3n) is 3.10. The van der Waals surface area contributed by atoms with Gasteiger partial charge in [0.1, 0.15) is 5.02 Å². The van der Waals surface area contributed by atoms with Crippen LogP contribution in [0.1, 0.15) is 15.4 Å². The van der Waals surface area contributed by atoms with Gasteiger partial charge >= 0.3 is 0 Å². The number of allylic oxidation sites excluding steroid dienone is 1. The molecule has 1 aromatic heterocycles. The summed E-state index contributed by atoms with van der Waals surface area (Å²) in [5.41, 5.74) is 1.10. The maximum atomic E-state index is 12.2. The second kappa shape index (κ2) is 6.28. The van der Waals surface area contributed by atoms with E-state index in [1.165, 1.54) is 35.6 Å². The lowest BCUT2D eigenvalue weighted by Gasteiger charge is -1.97. The van der Waals surface area contributed by atoms with E-state index in [4.69, 9.17) is 11.6 Å². The molecule has 3 rings (SSSR count). The summed E-state index contributed by atoms with van der Waals surface area (Å²) in [6.07, 6.45) is 2.86. The third kappa shape index (κ3) is 3.28. The number of aromatic nitrogens is 1. The van der Waals surface area contributed by atoms with Gasteiger partial charge in [-0.15, -0.1) is 11.3 Å². The summed E-state index contributed by atoms with van der Waals surface area (Å²) in [5.74, 6) is -0.246. The van der Waals surface area contributed by atoms with Crippen LogP contribution in [0.5, 0.6) is 0 Å². The zero-order chi connectivity index (χ0) is 16.4. The van der Waals surface area contributed by atoms with Crippen molar-refractivity contribution in [3.63, 3.8) is 0 Å². The summed E-state index contributed by atoms with van der Waals surface area (Å²) < 4.78 is 0.936. The van der Waals surface area contributed by atoms with Crippen molar-refractivity contribution in [3.05, 3.63) is 74.2 Å². The first-order valence-electron chi connectivity index (χ1n) is 6.56. The largest absolute Gasteiger partial charge is 0.288 e. The maximum Gasteiger partial charge on any atom is 0.288 e. The Balaban J connectivity index is 1.86. The van der Waals surface area contributed by atoms with Crippen LogP contribution in [0, 0.1) is 10.1 Å². The van der Waals surface area contributed by atoms with Gasteiger partial charge in [-0.1, -0.05) is 35.9 Å². The van der Waals surface area contributed by atoms with Crippen LogP contribution >= 0.6 is 22.9 Å². The van der Waals surface area contributed by atoms with Crippen LogP contribution in [-0.4, -0.2) is 15.7 Å². The van der Waals surface area contributed by atoms with Crippen molar-refractivity contribution in [2.45, 2.75) is 0 Å². The van der Waals surface area contributed by atoms with Gasteiger partial charge in [0.25, 0.3) is 5.69 Å². The van der Waals surface area contributed by atoms with Gasteiger partial charge in [0.2, 0.25) is 5.78 Å². The predicted molar refractivity (Wildman–Crippen MR) is 91.1 cm³/mol. The highest BCUT2D eigenvalue weighted by molar-refractivity contribution is 7.20. The van der Waals surface area contributed by atoms with E-state index < -0.39 is 4.92 Å². The number of carbonyl (C=O) groups excluding carboxylic acids is 1. The summed E-state index contributed by atoms with van der Waals surface area (Å²) in [6.45, 7) is 0. The lowest BCUT2D eigenvalue weighted by Crippen LogP contribution is -1.93. The van der Waals surface area contributed by atoms with Gasteiger partial charge in [-0.25, -0.2) is 4.98 Å². The van der Waals surface area contributed by atoms with Gasteiger partial charge in [-0.2, -0.15) is 0 Å². The molecule has 0 aliphatic carbocycles. The maximum absolute atomic E-state index is 12.2. The Bertz CT molecular complexity index is 916. The summed E-state index contributed by atoms with van der Waals surface area (Å²) >= 11 is 7.06. The van der Waals surface area contributed by atoms with Crippen LogP contribution in [0.4, 0.5) is 5.69 Å². The van der Waals surface area contributed by atoms with Crippen molar-refractivity contribution in [3.8, 4) is 0 Å². The van der Waals surface area contributed by atoms with Crippen LogP contribution in [0.15, 0.2) is 48.5 Å². The minimum atomic E-state index is -0.560. The van der Waals surface area contributed by atoms with Gasteiger partial charge < -0.3 is 0 Å². The Morgan fingerprint density at radius 3 is 2.78 bits per heavy atom. The number of fused-ring (bicyclic) bond motifs is 1. The fourth-order valence-corrected chi connectivity index (χ4v) is 3.07. The summed E-state index contributed by atoms with van der Waals surface area (Å²) in [5, 5.41) is 11.3. The molecule has 5 nitrogen and oxygen atoms in total. The van der Waals surface area contributed by atoms with Crippen molar-refractivity contribution in [1.29, 1.82) is 0 Å². The Morgan fingerprint density at radius 1 is 1.26 bits per heavy atom. The molecular formula is C16H9ClN2O3S. The van der Waals surface area contributed by atoms with Gasteiger partial charge in [0, 0.05) is 6.07 Å². The number of ketones is 1. The zero-order valence-electron chi connectivity index (χ0n) is 11.6. The van der Waals surface area contributed by atoms with Crippen molar-refractivity contribution >= 4 is 50.7 Å². The number of hydrogen-bond acceptors (Lipinski definition) is 5. The molecule has 114 valence electrons. The number of halogens is 1. The SMILES string of the molecule is O=C(C=Cc1ccc(Cl)c([N+](=O)[O-])c1)c1nc2ccccc2s1. The van der Waals surface area contributed by atoms with E-state index in [9.17, 15) is 14.9 Å². The number of nitro benzene ring substituents is 1. The number of benzene rings is 2. The van der Waals surface area contributed by atoms with Gasteiger partial charge in [-0.05, 0) is 29.8 Å². The van der Waals surface area contributed by atoms with Crippen LogP contribution in [0.2, 0.25) is 5.02 Å². The molecule has 0 saturated heterocycles. The number of carbonyl (C=O) groups is 1. The second-order valence-electron chi connectivity index (χ2n) is 4.65. The minimum absolute atomic E-state index is 0.0599. The van der Waals surface area contributed by atoms with Crippen molar-refractivity contribution in [2.75, 3.05) is 0 Å². The molecule has 0 saturated carbocycles. The molecule has 0 fully saturated rings. The lowest BCUT2D eigenvalue weighted by atomic mass is 10.1. The number of hydrogen-bond donors (Lipinski definition) is 0. The molecule has 23 heavy (non-hydrogen) atoms. The summed E-state index contributed by atoms with van der Waals surface area (Å²) in [6, 6.07) is 11.9. The van der Waals surface area contributed by atoms with E-state index in [0.29, 0.717) is 10.6 Å². The van der Waals surface area contributed by atoms with Crippen molar-refractivity contribution in [2.24, 2.45) is 0 Å². The first-order chi connectivity index (χ1) is 11.0. The second-order valence-corrected chi connectivity index (χ2v) is 6.09. The van der Waals surface area contributed by atoms with Crippen LogP contribution in [0.25, 0.3) is 16.3 Å². The quantitative estimate of drug-likeness (QED) is 0.296. The molecule has 7 heteroatoms. The van der Waals surface area contributed by atoms with Crippen LogP contribution < -0.4 is 0 Å². The van der Waals surface area contributed by atoms with Crippen LogP contribution in [-0.2, 0) is 0 Å². The first kappa shape index (κ1) is 15.3. The van der Waals surface area contributed by atoms with E-state index in [1.807, 2.05) is 24.3 Å². The van der Waals surface area contributed by atoms with Gasteiger partial charge in [0.05, 0.1) is 15.1 Å². The minimum Gasteiger partial charge on any atom is -0.287 e. The Labute approximate surface area is 140 Å². The molecular weight excluding hydrogens is 336 g/mol. The Hall–Kier alpha value is -2.57. The zero-order valence-corrected chi connectivity index (χ0v) is 13.2. The van der Waals surface area contributed by atoms with E-state index in [0.717, 1.165) is 10.2 Å². The van der Waals surface area contributed by atoms with Crippen molar-refractivity contribution < 1.29 is 9.72 Å². The molecule has 0 spiro atoms. The Morgan fingerprint density at radius 2 is 2.04 bits per heavy atom. The highest BCUT2D eigenvalue weighted by Crippen LogP contribution is 2.26. The van der Waals surface area contributed by atoms with E-state index in [-0.39, 0.29) is 16.5 Å². The summed E-state index contributed by atoms with van der Waals surface area (Å²) in [4.78, 5) is 26.7. The highest BCUT2D eigenvalue weighted by atomic mass is 35.5. The predicted octanol–water partition coefficient (Wildman–Crippen LogP) is 4.75. The number of thiazole rings is 1. The van der Waals surface area contributed by atoms with Gasteiger partial charge in [-0.3, -0.25) is 14.9 Å². The molecule has 0 unspecified atom stereocenters. The average molecular weight is 345 g/mol. The average Bonchev–Trinajstić information content (AvgIpc) is 2.97. The summed E-state index contributed by atoms with van der Waals surface area (Å²) in [7, 11) is 0. The molecule has 1 heterocycles. The molecule has 0 radical (unpaired) electrons. The number of para-hydroxylation sites is 1. The standard InChI is InChI=1S/C16H9ClN2O3S/c17-11-7-5-10(9-13(11)19(21)22)6-8-14(20)16-18-12-3-1-2-4-15(12)23-16/h1-9H. The number of rotatable bonds is 4. The molecule has 0 amide bonds. The molecule has 0 atom stereocenters. The third-order valence-corrected chi connectivity index (χ3v) is 4.47. The number of nitro groups is 1. The van der Waals surface area contributed by atoms with Crippen molar-refractivity contribution in [1.82, 2.24) is 4.98 Å². The smallest absolute Gasteiger partial charge is 0.287 e. The molecule has 0 bridgehead atoms. The lowest BCUT2D eigenvalue weighted by molar-refractivity contribution is -0.384. The monoisotopic (exact) mass is 344 g/mol. The van der Waals surface area contributed by atoms with E-state index >= 15 is 0 Å². The molecule has 0 aliphatic rings. The normalized spacial score (nSPS) is 11.2. The Kier molecular flexibility index (Phi) is 4.18. The molecule has 3 aromatic rings. The number of nitrogens with zero attached hydrogens (tertiary/aromatic N) is 2. The van der Waals surface area contributed by atoms with E-state index in [2.05, 4.69) is 4.98 Å². The molecule has 0 aliphatic heterocycles.